The standard InChI is InChI=1S/C46H62N14O8/c1-2-3-15-39(62)55-33-16-17-38(61)51-20-18-34(43(66)58-35(40(47)63)22-28-24-53-31-13-8-7-12-30(28)31)57-41(64)32(14-9-19-52-46(48)49)56-44(67)36(21-27-10-5-4-6-11-27)59-45(68)37(60-42(33)65)23-29-25-50-26-54-29/h4-8,10-13,24-26,32-37,53H,2-3,9,14-23H2,1H3,(H2,47,63)(H,50,54)(H,51,61)(H,55,62)(H,56,67)(H,57,64)(H,58,66)(H,59,68)(H,60,65)(H4,48,49,52). The molecule has 15 N–H and O–H groups in total. The van der Waals surface area contributed by atoms with E-state index in [0.29, 0.717) is 29.7 Å². The van der Waals surface area contributed by atoms with Crippen molar-refractivity contribution in [1.82, 2.24) is 52.2 Å². The van der Waals surface area contributed by atoms with Crippen LogP contribution in [-0.2, 0) is 57.6 Å². The highest BCUT2D eigenvalue weighted by Crippen LogP contribution is 2.19. The summed E-state index contributed by atoms with van der Waals surface area (Å²) in [4.78, 5) is 125. The van der Waals surface area contributed by atoms with Crippen LogP contribution in [0.3, 0.4) is 0 Å². The minimum Gasteiger partial charge on any atom is -0.370 e. The molecule has 3 heterocycles. The Morgan fingerprint density at radius 2 is 1.50 bits per heavy atom. The van der Waals surface area contributed by atoms with Crippen molar-refractivity contribution in [3.8, 4) is 0 Å². The number of aromatic amines is 2. The van der Waals surface area contributed by atoms with Crippen LogP contribution in [0, 0.1) is 0 Å². The van der Waals surface area contributed by atoms with Gasteiger partial charge in [0.15, 0.2) is 5.96 Å². The summed E-state index contributed by atoms with van der Waals surface area (Å²) in [7, 11) is 0. The van der Waals surface area contributed by atoms with E-state index in [-0.39, 0.29) is 76.8 Å². The second-order valence-corrected chi connectivity index (χ2v) is 16.6. The number of primary amides is 1. The number of carbonyl (C=O) groups is 8. The van der Waals surface area contributed by atoms with E-state index in [9.17, 15) is 38.4 Å². The zero-order valence-electron chi connectivity index (χ0n) is 38.0. The van der Waals surface area contributed by atoms with Crippen molar-refractivity contribution < 1.29 is 38.4 Å². The van der Waals surface area contributed by atoms with Crippen LogP contribution in [0.1, 0.15) is 75.1 Å². The van der Waals surface area contributed by atoms with E-state index in [0.717, 1.165) is 10.9 Å². The number of nitrogens with one attached hydrogen (secondary N) is 9. The van der Waals surface area contributed by atoms with Gasteiger partial charge < -0.3 is 64.4 Å². The highest BCUT2D eigenvalue weighted by Gasteiger charge is 2.34. The number of carbonyl (C=O) groups excluding carboxylic acids is 8. The Bertz CT molecular complexity index is 2380. The van der Waals surface area contributed by atoms with Crippen LogP contribution < -0.4 is 54.4 Å². The molecule has 22 heteroatoms. The van der Waals surface area contributed by atoms with Crippen LogP contribution in [-0.4, -0.2) is 118 Å². The van der Waals surface area contributed by atoms with E-state index >= 15 is 0 Å². The van der Waals surface area contributed by atoms with Gasteiger partial charge in [0.05, 0.1) is 6.33 Å². The Balaban J connectivity index is 1.49. The molecule has 6 atom stereocenters. The predicted octanol–water partition coefficient (Wildman–Crippen LogP) is -1.14. The fourth-order valence-electron chi connectivity index (χ4n) is 7.62. The lowest BCUT2D eigenvalue weighted by Crippen LogP contribution is -2.60. The smallest absolute Gasteiger partial charge is 0.243 e. The molecule has 22 nitrogen and oxygen atoms in total. The number of aromatic nitrogens is 3. The number of unbranched alkanes of at least 4 members (excludes halogenated alkanes) is 1. The Morgan fingerprint density at radius 3 is 2.21 bits per heavy atom. The normalized spacial score (nSPS) is 20.4. The van der Waals surface area contributed by atoms with Crippen molar-refractivity contribution in [2.45, 2.75) is 114 Å². The van der Waals surface area contributed by atoms with E-state index in [1.807, 2.05) is 31.2 Å². The van der Waals surface area contributed by atoms with Gasteiger partial charge in [-0.3, -0.25) is 43.3 Å². The molecule has 0 radical (unpaired) electrons. The van der Waals surface area contributed by atoms with E-state index in [2.05, 4.69) is 57.2 Å². The van der Waals surface area contributed by atoms with Gasteiger partial charge in [-0.2, -0.15) is 0 Å². The Morgan fingerprint density at radius 1 is 0.809 bits per heavy atom. The predicted molar refractivity (Wildman–Crippen MR) is 252 cm³/mol. The van der Waals surface area contributed by atoms with Gasteiger partial charge in [0, 0.05) is 74.2 Å². The maximum atomic E-state index is 14.5. The number of rotatable bonds is 17. The number of fused-ring (bicyclic) bond motifs is 1. The van der Waals surface area contributed by atoms with Crippen molar-refractivity contribution in [3.63, 3.8) is 0 Å². The fourth-order valence-corrected chi connectivity index (χ4v) is 7.62. The van der Waals surface area contributed by atoms with Gasteiger partial charge in [0.25, 0.3) is 0 Å². The molecule has 1 fully saturated rings. The number of hydrogen-bond donors (Lipinski definition) is 12. The number of imidazole rings is 1. The monoisotopic (exact) mass is 938 g/mol. The molecule has 4 aromatic rings. The summed E-state index contributed by atoms with van der Waals surface area (Å²) in [6, 6.07) is 8.29. The fraction of sp³-hybridized carbons (Fsp3) is 0.435. The molecule has 364 valence electrons. The number of aliphatic imine (C=N–C) groups is 1. The molecule has 2 aromatic carbocycles. The first-order valence-corrected chi connectivity index (χ1v) is 22.7. The van der Waals surface area contributed by atoms with Crippen LogP contribution in [0.15, 0.2) is 78.3 Å². The number of hydrogen-bond acceptors (Lipinski definition) is 10. The van der Waals surface area contributed by atoms with Crippen molar-refractivity contribution in [1.29, 1.82) is 0 Å². The molecule has 2 aromatic heterocycles. The zero-order valence-corrected chi connectivity index (χ0v) is 38.0. The maximum absolute atomic E-state index is 14.5. The second kappa shape index (κ2) is 25.8. The average molecular weight is 939 g/mol. The molecule has 0 bridgehead atoms. The van der Waals surface area contributed by atoms with Gasteiger partial charge in [-0.05, 0) is 49.3 Å². The van der Waals surface area contributed by atoms with Crippen LogP contribution >= 0.6 is 0 Å². The first-order chi connectivity index (χ1) is 32.7. The molecule has 0 spiro atoms. The minimum atomic E-state index is -1.40. The third-order valence-electron chi connectivity index (χ3n) is 11.3. The summed E-state index contributed by atoms with van der Waals surface area (Å²) < 4.78 is 0. The van der Waals surface area contributed by atoms with Crippen LogP contribution in [0.2, 0.25) is 0 Å². The topological polar surface area (TPSA) is 356 Å². The molecule has 8 amide bonds. The lowest BCUT2D eigenvalue weighted by atomic mass is 10.0. The first-order valence-electron chi connectivity index (χ1n) is 22.7. The molecule has 1 aliphatic rings. The summed E-state index contributed by atoms with van der Waals surface area (Å²) in [5, 5.41) is 19.8. The van der Waals surface area contributed by atoms with Gasteiger partial charge in [-0.25, -0.2) is 4.98 Å². The molecule has 6 unspecified atom stereocenters. The number of amides is 8. The summed E-state index contributed by atoms with van der Waals surface area (Å²) >= 11 is 0. The summed E-state index contributed by atoms with van der Waals surface area (Å²) in [5.74, 6) is -5.96. The third kappa shape index (κ3) is 16.0. The number of nitrogens with two attached hydrogens (primary N) is 3. The Kier molecular flexibility index (Phi) is 19.4. The highest BCUT2D eigenvalue weighted by atomic mass is 16.2. The summed E-state index contributed by atoms with van der Waals surface area (Å²) in [6.07, 6.45) is 5.28. The summed E-state index contributed by atoms with van der Waals surface area (Å²) in [6.45, 7) is 1.81. The number of H-pyrrole nitrogens is 2. The number of nitrogens with zero attached hydrogens (tertiary/aromatic N) is 2. The molecule has 1 saturated heterocycles. The summed E-state index contributed by atoms with van der Waals surface area (Å²) in [5.41, 5.74) is 19.5. The lowest BCUT2D eigenvalue weighted by Gasteiger charge is -2.27. The van der Waals surface area contributed by atoms with Gasteiger partial charge in [0.1, 0.15) is 36.3 Å². The van der Waals surface area contributed by atoms with Crippen molar-refractivity contribution in [2.24, 2.45) is 22.2 Å². The Hall–Kier alpha value is -7.78. The number of para-hydroxylation sites is 1. The zero-order chi connectivity index (χ0) is 49.0. The molecule has 1 aliphatic heterocycles. The lowest BCUT2D eigenvalue weighted by molar-refractivity contribution is -0.135. The van der Waals surface area contributed by atoms with Crippen molar-refractivity contribution in [3.05, 3.63) is 90.1 Å². The molecule has 68 heavy (non-hydrogen) atoms. The second-order valence-electron chi connectivity index (χ2n) is 16.6. The third-order valence-corrected chi connectivity index (χ3v) is 11.3. The van der Waals surface area contributed by atoms with Crippen LogP contribution in [0.4, 0.5) is 0 Å². The SMILES string of the molecule is CCCCC(=O)NC1CCC(=O)NCCC(C(=O)NC(Cc2c[nH]c3ccccc23)C(N)=O)NC(=O)C(CCCN=C(N)N)NC(=O)C(Cc2ccccc2)NC(=O)C(Cc2cnc[nH]2)NC1=O. The van der Waals surface area contributed by atoms with E-state index in [4.69, 9.17) is 17.2 Å². The van der Waals surface area contributed by atoms with E-state index in [1.54, 1.807) is 36.5 Å². The number of benzene rings is 2. The Labute approximate surface area is 392 Å². The highest BCUT2D eigenvalue weighted by molar-refractivity contribution is 5.97. The molecule has 0 saturated carbocycles. The van der Waals surface area contributed by atoms with Crippen LogP contribution in [0.5, 0.6) is 0 Å². The quantitative estimate of drug-likeness (QED) is 0.0341. The number of guanidine groups is 1. The first kappa shape index (κ1) is 51.2. The van der Waals surface area contributed by atoms with Crippen molar-refractivity contribution in [2.75, 3.05) is 13.1 Å². The van der Waals surface area contributed by atoms with Gasteiger partial charge in [-0.1, -0.05) is 61.9 Å². The molecular weight excluding hydrogens is 877 g/mol. The van der Waals surface area contributed by atoms with Gasteiger partial charge >= 0.3 is 0 Å². The average Bonchev–Trinajstić information content (AvgIpc) is 3.99. The van der Waals surface area contributed by atoms with Crippen molar-refractivity contribution >= 4 is 64.1 Å². The minimum absolute atomic E-state index is 0.00690. The maximum Gasteiger partial charge on any atom is 0.243 e. The van der Waals surface area contributed by atoms with Crippen LogP contribution in [0.25, 0.3) is 10.9 Å². The largest absolute Gasteiger partial charge is 0.370 e. The molecular formula is C46H62N14O8. The van der Waals surface area contributed by atoms with Gasteiger partial charge in [0.2, 0.25) is 47.3 Å². The van der Waals surface area contributed by atoms with Gasteiger partial charge in [-0.15, -0.1) is 0 Å². The molecule has 5 rings (SSSR count). The molecule has 0 aliphatic carbocycles. The van der Waals surface area contributed by atoms with E-state index in [1.165, 1.54) is 12.5 Å². The van der Waals surface area contributed by atoms with E-state index < -0.39 is 83.5 Å².